The van der Waals surface area contributed by atoms with Crippen molar-refractivity contribution in [3.05, 3.63) is 59.7 Å². The van der Waals surface area contributed by atoms with Gasteiger partial charge in [-0.15, -0.1) is 0 Å². The van der Waals surface area contributed by atoms with E-state index in [9.17, 15) is 15.0 Å². The smallest absolute Gasteiger partial charge is 0.163 e. The van der Waals surface area contributed by atoms with E-state index in [0.717, 1.165) is 32.7 Å². The third-order valence-electron chi connectivity index (χ3n) is 4.97. The number of β-amino-alcohol motifs (C(OH)–C–C–N with tert-alkyl or cyclic N) is 1. The Bertz CT molecular complexity index is 773. The Morgan fingerprint density at radius 3 is 2.39 bits per heavy atom. The number of ether oxygens (including phenoxy) is 1. The molecular weight excluding hydrogens is 356 g/mol. The number of phenols is 1. The minimum absolute atomic E-state index is 0.103. The quantitative estimate of drug-likeness (QED) is 0.680. The van der Waals surface area contributed by atoms with Gasteiger partial charge in [-0.05, 0) is 24.6 Å². The first-order chi connectivity index (χ1) is 13.5. The molecule has 150 valence electrons. The van der Waals surface area contributed by atoms with Crippen LogP contribution in [0.3, 0.4) is 0 Å². The van der Waals surface area contributed by atoms with E-state index in [1.807, 2.05) is 6.07 Å². The van der Waals surface area contributed by atoms with Gasteiger partial charge in [-0.1, -0.05) is 30.3 Å². The summed E-state index contributed by atoms with van der Waals surface area (Å²) in [5.74, 6) is 0.138. The first kappa shape index (κ1) is 20.3. The molecule has 2 aromatic rings. The molecule has 0 bridgehead atoms. The predicted octanol–water partition coefficient (Wildman–Crippen LogP) is 2.15. The summed E-state index contributed by atoms with van der Waals surface area (Å²) < 4.78 is 5.57. The van der Waals surface area contributed by atoms with Gasteiger partial charge < -0.3 is 14.9 Å². The van der Waals surface area contributed by atoms with Crippen molar-refractivity contribution in [1.29, 1.82) is 0 Å². The zero-order chi connectivity index (χ0) is 19.9. The molecule has 6 nitrogen and oxygen atoms in total. The first-order valence-corrected chi connectivity index (χ1v) is 9.64. The van der Waals surface area contributed by atoms with Crippen LogP contribution in [0.25, 0.3) is 0 Å². The molecule has 0 amide bonds. The number of carbonyl (C=O) groups excluding carboxylic acids is 1. The number of aliphatic hydroxyl groups excluding tert-OH is 1. The van der Waals surface area contributed by atoms with Crippen molar-refractivity contribution in [3.8, 4) is 11.5 Å². The van der Waals surface area contributed by atoms with Crippen LogP contribution in [0.5, 0.6) is 11.5 Å². The van der Waals surface area contributed by atoms with Crippen molar-refractivity contribution in [2.24, 2.45) is 0 Å². The van der Waals surface area contributed by atoms with E-state index in [1.165, 1.54) is 24.6 Å². The zero-order valence-corrected chi connectivity index (χ0v) is 16.3. The molecule has 0 aliphatic carbocycles. The molecular formula is C22H28N2O4. The molecule has 1 aliphatic heterocycles. The fourth-order valence-electron chi connectivity index (χ4n) is 3.41. The maximum atomic E-state index is 11.3. The highest BCUT2D eigenvalue weighted by molar-refractivity contribution is 5.96. The lowest BCUT2D eigenvalue weighted by molar-refractivity contribution is 0.0445. The van der Waals surface area contributed by atoms with Crippen LogP contribution in [0.2, 0.25) is 0 Å². The normalized spacial score (nSPS) is 16.6. The summed E-state index contributed by atoms with van der Waals surface area (Å²) >= 11 is 0. The van der Waals surface area contributed by atoms with Crippen molar-refractivity contribution in [2.45, 2.75) is 19.6 Å². The Hall–Kier alpha value is -2.41. The fourth-order valence-corrected chi connectivity index (χ4v) is 3.41. The van der Waals surface area contributed by atoms with E-state index in [4.69, 9.17) is 4.74 Å². The van der Waals surface area contributed by atoms with Crippen LogP contribution in [0, 0.1) is 0 Å². The van der Waals surface area contributed by atoms with Crippen LogP contribution in [-0.2, 0) is 6.54 Å². The van der Waals surface area contributed by atoms with Gasteiger partial charge in [0.2, 0.25) is 0 Å². The second kappa shape index (κ2) is 9.68. The van der Waals surface area contributed by atoms with Gasteiger partial charge in [0.05, 0.1) is 5.56 Å². The molecule has 1 aliphatic rings. The van der Waals surface area contributed by atoms with E-state index in [0.29, 0.717) is 12.3 Å². The van der Waals surface area contributed by atoms with Crippen LogP contribution < -0.4 is 4.74 Å². The number of benzene rings is 2. The van der Waals surface area contributed by atoms with Gasteiger partial charge in [0, 0.05) is 45.3 Å². The van der Waals surface area contributed by atoms with Crippen molar-refractivity contribution in [3.63, 3.8) is 0 Å². The number of hydrogen-bond donors (Lipinski definition) is 2. The molecule has 0 aromatic heterocycles. The highest BCUT2D eigenvalue weighted by Crippen LogP contribution is 2.24. The minimum atomic E-state index is -0.615. The Kier molecular flexibility index (Phi) is 7.03. The summed E-state index contributed by atoms with van der Waals surface area (Å²) in [6.45, 7) is 6.83. The van der Waals surface area contributed by atoms with Crippen LogP contribution in [0.1, 0.15) is 22.8 Å². The largest absolute Gasteiger partial charge is 0.507 e. The minimum Gasteiger partial charge on any atom is -0.507 e. The molecule has 0 unspecified atom stereocenters. The molecule has 0 spiro atoms. The van der Waals surface area contributed by atoms with Crippen molar-refractivity contribution in [1.82, 2.24) is 9.80 Å². The summed E-state index contributed by atoms with van der Waals surface area (Å²) in [7, 11) is 0. The molecule has 1 saturated heterocycles. The monoisotopic (exact) mass is 384 g/mol. The molecule has 0 radical (unpaired) electrons. The number of aromatic hydroxyl groups is 1. The summed E-state index contributed by atoms with van der Waals surface area (Å²) in [5.41, 5.74) is 1.59. The average molecular weight is 384 g/mol. The van der Waals surface area contributed by atoms with Gasteiger partial charge in [0.25, 0.3) is 0 Å². The number of carbonyl (C=O) groups is 1. The molecule has 2 N–H and O–H groups in total. The Morgan fingerprint density at radius 1 is 1.07 bits per heavy atom. The summed E-state index contributed by atoms with van der Waals surface area (Å²) in [6.07, 6.45) is -0.615. The Labute approximate surface area is 166 Å². The van der Waals surface area contributed by atoms with Gasteiger partial charge in [0.15, 0.2) is 5.78 Å². The SMILES string of the molecule is CC(=O)c1ccc(OC[C@H](O)CN2CCN(Cc3ccccc3)CC2)cc1O. The van der Waals surface area contributed by atoms with Gasteiger partial charge in [-0.25, -0.2) is 0 Å². The molecule has 28 heavy (non-hydrogen) atoms. The molecule has 1 fully saturated rings. The molecule has 1 atom stereocenters. The summed E-state index contributed by atoms with van der Waals surface area (Å²) in [5, 5.41) is 20.1. The third-order valence-corrected chi connectivity index (χ3v) is 4.97. The van der Waals surface area contributed by atoms with Crippen molar-refractivity contribution in [2.75, 3.05) is 39.3 Å². The van der Waals surface area contributed by atoms with Gasteiger partial charge in [-0.3, -0.25) is 14.6 Å². The van der Waals surface area contributed by atoms with E-state index in [2.05, 4.69) is 34.1 Å². The molecule has 3 rings (SSSR count). The maximum absolute atomic E-state index is 11.3. The molecule has 6 heteroatoms. The number of piperazine rings is 1. The predicted molar refractivity (Wildman–Crippen MR) is 108 cm³/mol. The first-order valence-electron chi connectivity index (χ1n) is 9.64. The van der Waals surface area contributed by atoms with E-state index < -0.39 is 6.10 Å². The van der Waals surface area contributed by atoms with E-state index in [1.54, 1.807) is 6.07 Å². The lowest BCUT2D eigenvalue weighted by Crippen LogP contribution is -2.48. The van der Waals surface area contributed by atoms with Crippen LogP contribution in [0.15, 0.2) is 48.5 Å². The van der Waals surface area contributed by atoms with Gasteiger partial charge in [0.1, 0.15) is 24.2 Å². The number of hydrogen-bond acceptors (Lipinski definition) is 6. The lowest BCUT2D eigenvalue weighted by Gasteiger charge is -2.35. The number of ketones is 1. The Balaban J connectivity index is 1.39. The maximum Gasteiger partial charge on any atom is 0.163 e. The van der Waals surface area contributed by atoms with Crippen LogP contribution in [0.4, 0.5) is 0 Å². The number of phenolic OH excluding ortho intramolecular Hbond substituents is 1. The highest BCUT2D eigenvalue weighted by Gasteiger charge is 2.19. The van der Waals surface area contributed by atoms with Crippen LogP contribution >= 0.6 is 0 Å². The van der Waals surface area contributed by atoms with Gasteiger partial charge >= 0.3 is 0 Å². The standard InChI is InChI=1S/C22H28N2O4/c1-17(25)21-8-7-20(13-22(21)27)28-16-19(26)15-24-11-9-23(10-12-24)14-18-5-3-2-4-6-18/h2-8,13,19,26-27H,9-12,14-16H2,1H3/t19-/m1/s1. The summed E-state index contributed by atoms with van der Waals surface area (Å²) in [6, 6.07) is 15.0. The Morgan fingerprint density at radius 2 is 1.75 bits per heavy atom. The zero-order valence-electron chi connectivity index (χ0n) is 16.3. The van der Waals surface area contributed by atoms with Crippen molar-refractivity contribution >= 4 is 5.78 Å². The second-order valence-corrected chi connectivity index (χ2v) is 7.26. The average Bonchev–Trinajstić information content (AvgIpc) is 2.68. The summed E-state index contributed by atoms with van der Waals surface area (Å²) in [4.78, 5) is 16.0. The molecule has 1 heterocycles. The number of Topliss-reactive ketones (excluding diaryl/α,β-unsaturated/α-hetero) is 1. The molecule has 0 saturated carbocycles. The van der Waals surface area contributed by atoms with E-state index in [-0.39, 0.29) is 23.7 Å². The highest BCUT2D eigenvalue weighted by atomic mass is 16.5. The fraction of sp³-hybridized carbons (Fsp3) is 0.409. The number of nitrogens with zero attached hydrogens (tertiary/aromatic N) is 2. The number of aliphatic hydroxyl groups is 1. The van der Waals surface area contributed by atoms with Crippen molar-refractivity contribution < 1.29 is 19.7 Å². The third kappa shape index (κ3) is 5.79. The van der Waals surface area contributed by atoms with Gasteiger partial charge in [-0.2, -0.15) is 0 Å². The topological polar surface area (TPSA) is 73.2 Å². The van der Waals surface area contributed by atoms with E-state index >= 15 is 0 Å². The second-order valence-electron chi connectivity index (χ2n) is 7.26. The lowest BCUT2D eigenvalue weighted by atomic mass is 10.1. The molecule has 2 aromatic carbocycles. The number of rotatable bonds is 8. The van der Waals surface area contributed by atoms with Crippen LogP contribution in [-0.4, -0.2) is 71.2 Å².